The van der Waals surface area contributed by atoms with Crippen molar-refractivity contribution in [3.05, 3.63) is 99.8 Å². The van der Waals surface area contributed by atoms with Gasteiger partial charge in [-0.1, -0.05) is 65.3 Å². The van der Waals surface area contributed by atoms with Crippen LogP contribution in [-0.4, -0.2) is 25.8 Å². The lowest BCUT2D eigenvalue weighted by Crippen LogP contribution is -2.29. The number of benzene rings is 2. The summed E-state index contributed by atoms with van der Waals surface area (Å²) in [6.45, 7) is 2.33. The van der Waals surface area contributed by atoms with Crippen molar-refractivity contribution in [2.45, 2.75) is 20.0 Å². The predicted octanol–water partition coefficient (Wildman–Crippen LogP) is 2.58. The number of nitrogens with zero attached hydrogens (tertiary/aromatic N) is 4. The minimum atomic E-state index is -0.438. The number of aryl methyl sites for hydroxylation is 1. The van der Waals surface area contributed by atoms with Crippen LogP contribution >= 0.6 is 0 Å². The molecule has 1 amide bonds. The number of nitrogens with one attached hydrogen (secondary N) is 1. The van der Waals surface area contributed by atoms with Crippen molar-refractivity contribution in [1.29, 1.82) is 0 Å². The first-order valence-electron chi connectivity index (χ1n) is 9.38. The molecule has 2 heterocycles. The number of hydrogen-bond donors (Lipinski definition) is 1. The zero-order chi connectivity index (χ0) is 20.9. The van der Waals surface area contributed by atoms with Gasteiger partial charge in [-0.25, -0.2) is 4.68 Å². The Balaban J connectivity index is 1.43. The lowest BCUT2D eigenvalue weighted by molar-refractivity contribution is 0.0938. The van der Waals surface area contributed by atoms with Gasteiger partial charge in [0.15, 0.2) is 0 Å². The molecule has 0 aliphatic carbocycles. The third-order valence-electron chi connectivity index (χ3n) is 4.45. The van der Waals surface area contributed by atoms with Gasteiger partial charge in [0, 0.05) is 11.6 Å². The molecule has 0 bridgehead atoms. The first kappa shape index (κ1) is 19.3. The lowest BCUT2D eigenvalue weighted by atomic mass is 10.1. The second-order valence-corrected chi connectivity index (χ2v) is 6.76. The van der Waals surface area contributed by atoms with Crippen molar-refractivity contribution in [2.24, 2.45) is 0 Å². The Labute approximate surface area is 172 Å². The normalized spacial score (nSPS) is 10.7. The zero-order valence-corrected chi connectivity index (χ0v) is 16.3. The maximum absolute atomic E-state index is 12.5. The molecule has 0 aliphatic rings. The smallest absolute Gasteiger partial charge is 0.272 e. The van der Waals surface area contributed by atoms with Gasteiger partial charge in [-0.2, -0.15) is 10.1 Å². The molecule has 0 atom stereocenters. The van der Waals surface area contributed by atoms with Gasteiger partial charge in [-0.05, 0) is 18.6 Å². The molecule has 150 valence electrons. The van der Waals surface area contributed by atoms with Crippen LogP contribution in [0.2, 0.25) is 0 Å². The van der Waals surface area contributed by atoms with Crippen LogP contribution in [0.15, 0.2) is 76.0 Å². The average molecular weight is 401 g/mol. The van der Waals surface area contributed by atoms with Crippen molar-refractivity contribution in [3.8, 4) is 11.4 Å². The van der Waals surface area contributed by atoms with Gasteiger partial charge in [0.25, 0.3) is 11.5 Å². The van der Waals surface area contributed by atoms with Gasteiger partial charge < -0.3 is 9.84 Å². The largest absolute Gasteiger partial charge is 0.342 e. The summed E-state index contributed by atoms with van der Waals surface area (Å²) in [5.74, 6) is 0.284. The molecule has 0 saturated carbocycles. The molecular weight excluding hydrogens is 382 g/mol. The maximum atomic E-state index is 12.5. The van der Waals surface area contributed by atoms with Gasteiger partial charge in [0.2, 0.25) is 11.7 Å². The van der Waals surface area contributed by atoms with Crippen LogP contribution in [0.1, 0.15) is 27.5 Å². The van der Waals surface area contributed by atoms with E-state index < -0.39 is 5.91 Å². The summed E-state index contributed by atoms with van der Waals surface area (Å²) < 4.78 is 6.45. The summed E-state index contributed by atoms with van der Waals surface area (Å²) in [6.07, 6.45) is 0. The first-order chi connectivity index (χ1) is 14.6. The highest BCUT2D eigenvalue weighted by Gasteiger charge is 2.13. The number of carbonyl (C=O) groups excluding carboxylic acids is 1. The van der Waals surface area contributed by atoms with Crippen LogP contribution < -0.4 is 10.9 Å². The quantitative estimate of drug-likeness (QED) is 0.533. The Morgan fingerprint density at radius 2 is 1.80 bits per heavy atom. The summed E-state index contributed by atoms with van der Waals surface area (Å²) in [5, 5.41) is 10.8. The number of aromatic nitrogens is 4. The Bertz CT molecular complexity index is 1210. The number of amides is 1. The highest BCUT2D eigenvalue weighted by molar-refractivity contribution is 5.91. The van der Waals surface area contributed by atoms with Crippen molar-refractivity contribution < 1.29 is 9.32 Å². The van der Waals surface area contributed by atoms with Gasteiger partial charge >= 0.3 is 0 Å². The van der Waals surface area contributed by atoms with Crippen molar-refractivity contribution >= 4 is 5.91 Å². The maximum Gasteiger partial charge on any atom is 0.272 e. The number of rotatable bonds is 6. The van der Waals surface area contributed by atoms with E-state index in [4.69, 9.17) is 4.52 Å². The van der Waals surface area contributed by atoms with E-state index in [1.165, 1.54) is 16.8 Å². The van der Waals surface area contributed by atoms with Crippen LogP contribution in [0.25, 0.3) is 11.4 Å². The molecule has 0 saturated heterocycles. The Kier molecular flexibility index (Phi) is 5.47. The summed E-state index contributed by atoms with van der Waals surface area (Å²) in [6, 6.07) is 19.9. The van der Waals surface area contributed by atoms with Crippen molar-refractivity contribution in [2.75, 3.05) is 0 Å². The SMILES string of the molecule is Cc1ccc(Cn2nc(C(=O)NCc3nc(-c4ccccc4)no3)ccc2=O)cc1. The number of hydrogen-bond acceptors (Lipinski definition) is 6. The molecule has 0 spiro atoms. The lowest BCUT2D eigenvalue weighted by Gasteiger charge is -2.07. The molecule has 1 N–H and O–H groups in total. The second-order valence-electron chi connectivity index (χ2n) is 6.76. The van der Waals surface area contributed by atoms with Crippen LogP contribution in [-0.2, 0) is 13.1 Å². The highest BCUT2D eigenvalue weighted by atomic mass is 16.5. The Hall–Kier alpha value is -4.07. The highest BCUT2D eigenvalue weighted by Crippen LogP contribution is 2.14. The molecule has 4 aromatic rings. The van der Waals surface area contributed by atoms with Gasteiger partial charge in [0.05, 0.1) is 13.1 Å². The third-order valence-corrected chi connectivity index (χ3v) is 4.45. The van der Waals surface area contributed by atoms with Gasteiger partial charge in [0.1, 0.15) is 5.69 Å². The molecule has 0 fully saturated rings. The van der Waals surface area contributed by atoms with Crippen LogP contribution in [0.4, 0.5) is 0 Å². The van der Waals surface area contributed by atoms with Crippen LogP contribution in [0, 0.1) is 6.92 Å². The van der Waals surface area contributed by atoms with E-state index >= 15 is 0 Å². The van der Waals surface area contributed by atoms with E-state index in [1.54, 1.807) is 0 Å². The number of carbonyl (C=O) groups is 1. The molecule has 0 radical (unpaired) electrons. The minimum absolute atomic E-state index is 0.0530. The molecule has 2 aromatic carbocycles. The van der Waals surface area contributed by atoms with E-state index in [0.29, 0.717) is 5.82 Å². The first-order valence-corrected chi connectivity index (χ1v) is 9.38. The van der Waals surface area contributed by atoms with E-state index in [9.17, 15) is 9.59 Å². The second kappa shape index (κ2) is 8.52. The zero-order valence-electron chi connectivity index (χ0n) is 16.3. The van der Waals surface area contributed by atoms with Crippen LogP contribution in [0.5, 0.6) is 0 Å². The molecule has 4 rings (SSSR count). The minimum Gasteiger partial charge on any atom is -0.342 e. The summed E-state index contributed by atoms with van der Waals surface area (Å²) in [5.41, 5.74) is 2.72. The standard InChI is InChI=1S/C22H19N5O3/c1-15-7-9-16(10-8-15)14-27-20(28)12-11-18(25-27)22(29)23-13-19-24-21(26-30-19)17-5-3-2-4-6-17/h2-12H,13-14H2,1H3,(H,23,29). The molecule has 8 heteroatoms. The fourth-order valence-electron chi connectivity index (χ4n) is 2.83. The summed E-state index contributed by atoms with van der Waals surface area (Å²) >= 11 is 0. The predicted molar refractivity (Wildman–Crippen MR) is 110 cm³/mol. The summed E-state index contributed by atoms with van der Waals surface area (Å²) in [7, 11) is 0. The Morgan fingerprint density at radius 1 is 1.03 bits per heavy atom. The summed E-state index contributed by atoms with van der Waals surface area (Å²) in [4.78, 5) is 28.9. The van der Waals surface area contributed by atoms with E-state index in [-0.39, 0.29) is 30.2 Å². The van der Waals surface area contributed by atoms with E-state index in [1.807, 2.05) is 61.5 Å². The monoisotopic (exact) mass is 401 g/mol. The van der Waals surface area contributed by atoms with Crippen molar-refractivity contribution in [3.63, 3.8) is 0 Å². The van der Waals surface area contributed by atoms with E-state index in [0.717, 1.165) is 16.7 Å². The fourth-order valence-corrected chi connectivity index (χ4v) is 2.83. The molecular formula is C22H19N5O3. The average Bonchev–Trinajstić information content (AvgIpc) is 3.25. The van der Waals surface area contributed by atoms with E-state index in [2.05, 4.69) is 20.6 Å². The molecule has 8 nitrogen and oxygen atoms in total. The van der Waals surface area contributed by atoms with Crippen LogP contribution in [0.3, 0.4) is 0 Å². The van der Waals surface area contributed by atoms with Crippen molar-refractivity contribution in [1.82, 2.24) is 25.2 Å². The Morgan fingerprint density at radius 3 is 2.57 bits per heavy atom. The topological polar surface area (TPSA) is 103 Å². The molecule has 0 unspecified atom stereocenters. The molecule has 30 heavy (non-hydrogen) atoms. The molecule has 2 aromatic heterocycles. The van der Waals surface area contributed by atoms with Gasteiger partial charge in [-0.3, -0.25) is 9.59 Å². The third kappa shape index (κ3) is 4.49. The fraction of sp³-hybridized carbons (Fsp3) is 0.136. The molecule has 0 aliphatic heterocycles. The van der Waals surface area contributed by atoms with Gasteiger partial charge in [-0.15, -0.1) is 0 Å².